The van der Waals surface area contributed by atoms with Crippen LogP contribution in [0.4, 0.5) is 0 Å². The molecule has 48 heavy (non-hydrogen) atoms. The lowest BCUT2D eigenvalue weighted by Crippen LogP contribution is -2.40. The Balaban J connectivity index is 1.10. The first-order valence-corrected chi connectivity index (χ1v) is 17.4. The van der Waals surface area contributed by atoms with E-state index in [1.807, 2.05) is 25.1 Å². The summed E-state index contributed by atoms with van der Waals surface area (Å²) in [5, 5.41) is 0. The number of amides is 1. The van der Waals surface area contributed by atoms with Crippen LogP contribution in [0.3, 0.4) is 0 Å². The van der Waals surface area contributed by atoms with E-state index in [9.17, 15) is 9.59 Å². The third kappa shape index (κ3) is 18.6. The lowest BCUT2D eigenvalue weighted by molar-refractivity contribution is -0.163. The minimum Gasteiger partial charge on any atom is -0.379 e. The van der Waals surface area contributed by atoms with Crippen LogP contribution in [0.25, 0.3) is 0 Å². The smallest absolute Gasteiger partial charge is 0.335 e. The topological polar surface area (TPSA) is 114 Å². The SMILES string of the molecule is CCOCCOCCOCCOCCOCCOCN1CCC(C(=O)ONC(=O)Cc2ccc(CCCCc3ccccc3)cc2)CC1. The second-order valence-corrected chi connectivity index (χ2v) is 11.7. The fourth-order valence-corrected chi connectivity index (χ4v) is 5.17. The molecule has 0 spiro atoms. The Labute approximate surface area is 286 Å². The molecule has 3 rings (SSSR count). The molecule has 1 aliphatic rings. The highest BCUT2D eigenvalue weighted by atomic mass is 16.7. The van der Waals surface area contributed by atoms with Crippen LogP contribution in [-0.2, 0) is 62.1 Å². The Morgan fingerprint density at radius 1 is 0.646 bits per heavy atom. The fraction of sp³-hybridized carbons (Fsp3) is 0.622. The summed E-state index contributed by atoms with van der Waals surface area (Å²) >= 11 is 0. The van der Waals surface area contributed by atoms with Crippen LogP contribution in [0, 0.1) is 5.92 Å². The average molecular weight is 673 g/mol. The third-order valence-corrected chi connectivity index (χ3v) is 7.94. The predicted molar refractivity (Wildman–Crippen MR) is 182 cm³/mol. The number of hydroxylamine groups is 1. The van der Waals surface area contributed by atoms with Gasteiger partial charge in [-0.2, -0.15) is 5.48 Å². The molecule has 1 aliphatic heterocycles. The number of nitrogens with zero attached hydrogens (tertiary/aromatic N) is 1. The minimum atomic E-state index is -0.390. The van der Waals surface area contributed by atoms with E-state index in [4.69, 9.17) is 33.3 Å². The van der Waals surface area contributed by atoms with Gasteiger partial charge in [-0.1, -0.05) is 54.6 Å². The summed E-state index contributed by atoms with van der Waals surface area (Å²) in [5.74, 6) is -0.965. The number of hydrogen-bond acceptors (Lipinski definition) is 10. The molecule has 2 aromatic rings. The standard InChI is InChI=1S/C37H56N2O9/c1-2-42-20-21-43-22-23-44-24-25-45-26-27-46-28-29-47-31-39-18-16-35(17-19-39)37(41)48-38-36(40)30-34-14-12-33(13-15-34)11-7-6-10-32-8-4-3-5-9-32/h3-5,8-9,12-15,35H,2,6-7,10-11,16-31H2,1H3,(H,38,40). The van der Waals surface area contributed by atoms with Crippen molar-refractivity contribution in [2.75, 3.05) is 92.5 Å². The summed E-state index contributed by atoms with van der Waals surface area (Å²) in [6.07, 6.45) is 5.84. The van der Waals surface area contributed by atoms with Crippen molar-refractivity contribution in [2.45, 2.75) is 51.9 Å². The van der Waals surface area contributed by atoms with Gasteiger partial charge in [-0.25, -0.2) is 4.79 Å². The van der Waals surface area contributed by atoms with Crippen molar-refractivity contribution in [2.24, 2.45) is 5.92 Å². The lowest BCUT2D eigenvalue weighted by Gasteiger charge is -2.30. The average Bonchev–Trinajstić information content (AvgIpc) is 3.12. The van der Waals surface area contributed by atoms with E-state index < -0.39 is 0 Å². The first-order chi connectivity index (χ1) is 23.6. The van der Waals surface area contributed by atoms with E-state index in [-0.39, 0.29) is 24.2 Å². The van der Waals surface area contributed by atoms with E-state index in [2.05, 4.69) is 46.8 Å². The van der Waals surface area contributed by atoms with Gasteiger partial charge in [0.2, 0.25) is 0 Å². The zero-order valence-corrected chi connectivity index (χ0v) is 28.7. The van der Waals surface area contributed by atoms with Crippen LogP contribution < -0.4 is 5.48 Å². The largest absolute Gasteiger partial charge is 0.379 e. The number of ether oxygens (including phenoxy) is 6. The summed E-state index contributed by atoms with van der Waals surface area (Å²) in [6.45, 7) is 9.88. The highest BCUT2D eigenvalue weighted by molar-refractivity contribution is 5.80. The van der Waals surface area contributed by atoms with Gasteiger partial charge in [-0.05, 0) is 62.1 Å². The van der Waals surface area contributed by atoms with Crippen molar-refractivity contribution < 1.29 is 42.8 Å². The monoisotopic (exact) mass is 672 g/mol. The van der Waals surface area contributed by atoms with Gasteiger partial charge in [0.1, 0.15) is 0 Å². The first kappa shape index (κ1) is 39.5. The molecule has 0 aliphatic carbocycles. The quantitative estimate of drug-likeness (QED) is 0.116. The number of likely N-dealkylation sites (tertiary alicyclic amines) is 1. The maximum Gasteiger partial charge on any atom is 0.335 e. The molecule has 1 heterocycles. The van der Waals surface area contributed by atoms with Crippen molar-refractivity contribution >= 4 is 11.9 Å². The van der Waals surface area contributed by atoms with Crippen LogP contribution in [-0.4, -0.2) is 109 Å². The van der Waals surface area contributed by atoms with Gasteiger partial charge < -0.3 is 33.3 Å². The van der Waals surface area contributed by atoms with Gasteiger partial charge in [-0.3, -0.25) is 9.69 Å². The molecule has 1 N–H and O–H groups in total. The predicted octanol–water partition coefficient (Wildman–Crippen LogP) is 4.16. The van der Waals surface area contributed by atoms with Crippen molar-refractivity contribution in [3.8, 4) is 0 Å². The van der Waals surface area contributed by atoms with Gasteiger partial charge in [0.15, 0.2) is 0 Å². The second kappa shape index (κ2) is 26.0. The molecule has 1 fully saturated rings. The van der Waals surface area contributed by atoms with E-state index in [1.54, 1.807) is 0 Å². The van der Waals surface area contributed by atoms with E-state index >= 15 is 0 Å². The van der Waals surface area contributed by atoms with Crippen LogP contribution >= 0.6 is 0 Å². The van der Waals surface area contributed by atoms with Crippen molar-refractivity contribution in [3.05, 3.63) is 71.3 Å². The van der Waals surface area contributed by atoms with Crippen LogP contribution in [0.5, 0.6) is 0 Å². The molecular formula is C37H56N2O9. The second-order valence-electron chi connectivity index (χ2n) is 11.7. The van der Waals surface area contributed by atoms with Crippen LogP contribution in [0.2, 0.25) is 0 Å². The Hall–Kier alpha value is -2.90. The number of carbonyl (C=O) groups is 2. The number of hydrogen-bond donors (Lipinski definition) is 1. The molecule has 1 saturated heterocycles. The number of rotatable bonds is 26. The number of unbranched alkanes of at least 4 members (excludes halogenated alkanes) is 1. The fourth-order valence-electron chi connectivity index (χ4n) is 5.17. The summed E-state index contributed by atoms with van der Waals surface area (Å²) in [6, 6.07) is 18.6. The highest BCUT2D eigenvalue weighted by Gasteiger charge is 2.27. The molecule has 0 bridgehead atoms. The minimum absolute atomic E-state index is 0.162. The van der Waals surface area contributed by atoms with Gasteiger partial charge in [0.25, 0.3) is 5.91 Å². The molecule has 0 atom stereocenters. The normalized spacial score (nSPS) is 13.9. The Morgan fingerprint density at radius 3 is 1.67 bits per heavy atom. The maximum absolute atomic E-state index is 12.5. The molecule has 11 nitrogen and oxygen atoms in total. The highest BCUT2D eigenvalue weighted by Crippen LogP contribution is 2.18. The zero-order chi connectivity index (χ0) is 33.9. The van der Waals surface area contributed by atoms with Gasteiger partial charge in [0, 0.05) is 19.7 Å². The Morgan fingerprint density at radius 2 is 1.12 bits per heavy atom. The van der Waals surface area contributed by atoms with Gasteiger partial charge in [0.05, 0.1) is 85.1 Å². The van der Waals surface area contributed by atoms with Gasteiger partial charge in [-0.15, -0.1) is 0 Å². The Bertz CT molecular complexity index is 1100. The molecule has 0 radical (unpaired) electrons. The molecule has 268 valence electrons. The molecule has 0 aromatic heterocycles. The van der Waals surface area contributed by atoms with Crippen LogP contribution in [0.15, 0.2) is 54.6 Å². The molecule has 0 unspecified atom stereocenters. The first-order valence-electron chi connectivity index (χ1n) is 17.4. The van der Waals surface area contributed by atoms with E-state index in [0.717, 1.165) is 44.3 Å². The third-order valence-electron chi connectivity index (χ3n) is 7.94. The van der Waals surface area contributed by atoms with E-state index in [1.165, 1.54) is 11.1 Å². The molecule has 1 amide bonds. The molecule has 0 saturated carbocycles. The summed E-state index contributed by atoms with van der Waals surface area (Å²) in [7, 11) is 0. The van der Waals surface area contributed by atoms with Crippen molar-refractivity contribution in [3.63, 3.8) is 0 Å². The summed E-state index contributed by atoms with van der Waals surface area (Å²) < 4.78 is 32.8. The summed E-state index contributed by atoms with van der Waals surface area (Å²) in [4.78, 5) is 32.2. The number of carbonyl (C=O) groups excluding carboxylic acids is 2. The molecular weight excluding hydrogens is 616 g/mol. The molecule has 2 aromatic carbocycles. The molecule has 11 heteroatoms. The van der Waals surface area contributed by atoms with E-state index in [0.29, 0.717) is 92.2 Å². The Kier molecular flexibility index (Phi) is 21.4. The van der Waals surface area contributed by atoms with Gasteiger partial charge >= 0.3 is 5.97 Å². The number of benzene rings is 2. The van der Waals surface area contributed by atoms with Crippen molar-refractivity contribution in [1.82, 2.24) is 10.4 Å². The van der Waals surface area contributed by atoms with Crippen LogP contribution in [0.1, 0.15) is 49.3 Å². The summed E-state index contributed by atoms with van der Waals surface area (Å²) in [5.41, 5.74) is 5.85. The number of piperidine rings is 1. The maximum atomic E-state index is 12.5. The van der Waals surface area contributed by atoms with Crippen molar-refractivity contribution in [1.29, 1.82) is 0 Å². The number of aryl methyl sites for hydroxylation is 2. The zero-order valence-electron chi connectivity index (χ0n) is 28.7. The number of nitrogens with one attached hydrogen (secondary N) is 1. The lowest BCUT2D eigenvalue weighted by atomic mass is 9.97.